The van der Waals surface area contributed by atoms with Crippen LogP contribution in [0.25, 0.3) is 0 Å². The maximum absolute atomic E-state index is 9.64. The zero-order valence-corrected chi connectivity index (χ0v) is 5.03. The van der Waals surface area contributed by atoms with Gasteiger partial charge in [0.05, 0.1) is 12.7 Å². The van der Waals surface area contributed by atoms with Crippen LogP contribution < -0.4 is 0 Å². The van der Waals surface area contributed by atoms with Gasteiger partial charge in [-0.2, -0.15) is 0 Å². The standard InChI is InChI=1S/C6H10O3/c7-4-2-1-3-6(9)5-8/h1-2,4,6,8-9H,3,5H2/b2-1+. The van der Waals surface area contributed by atoms with Gasteiger partial charge in [0.1, 0.15) is 6.29 Å². The largest absolute Gasteiger partial charge is 0.394 e. The van der Waals surface area contributed by atoms with Crippen LogP contribution in [0.1, 0.15) is 6.42 Å². The SMILES string of the molecule is O=C/C=C/CC(O)CO. The summed E-state index contributed by atoms with van der Waals surface area (Å²) in [6.45, 7) is -0.261. The summed E-state index contributed by atoms with van der Waals surface area (Å²) in [6.07, 6.45) is 3.02. The Labute approximate surface area is 53.6 Å². The van der Waals surface area contributed by atoms with E-state index in [9.17, 15) is 4.79 Å². The first kappa shape index (κ1) is 8.33. The minimum Gasteiger partial charge on any atom is -0.394 e. The van der Waals surface area contributed by atoms with Gasteiger partial charge >= 0.3 is 0 Å². The van der Waals surface area contributed by atoms with E-state index in [1.165, 1.54) is 12.2 Å². The molecule has 2 N–H and O–H groups in total. The van der Waals surface area contributed by atoms with Gasteiger partial charge in [-0.15, -0.1) is 0 Å². The van der Waals surface area contributed by atoms with Gasteiger partial charge in [0.2, 0.25) is 0 Å². The second-order valence-electron chi connectivity index (χ2n) is 1.64. The van der Waals surface area contributed by atoms with E-state index in [0.717, 1.165) is 0 Å². The van der Waals surface area contributed by atoms with E-state index in [1.807, 2.05) is 0 Å². The van der Waals surface area contributed by atoms with E-state index in [0.29, 0.717) is 12.7 Å². The summed E-state index contributed by atoms with van der Waals surface area (Å²) >= 11 is 0. The second kappa shape index (κ2) is 5.47. The first-order valence-electron chi connectivity index (χ1n) is 2.70. The third kappa shape index (κ3) is 5.20. The molecule has 0 saturated carbocycles. The number of aliphatic hydroxyl groups is 2. The van der Waals surface area contributed by atoms with E-state index < -0.39 is 6.10 Å². The molecule has 0 fully saturated rings. The molecule has 0 saturated heterocycles. The van der Waals surface area contributed by atoms with Crippen LogP contribution in [0, 0.1) is 0 Å². The van der Waals surface area contributed by atoms with Gasteiger partial charge in [0.15, 0.2) is 0 Å². The van der Waals surface area contributed by atoms with E-state index in [2.05, 4.69) is 0 Å². The number of hydrogen-bond acceptors (Lipinski definition) is 3. The lowest BCUT2D eigenvalue weighted by molar-refractivity contribution is -0.104. The van der Waals surface area contributed by atoms with E-state index in [1.54, 1.807) is 0 Å². The van der Waals surface area contributed by atoms with Crippen LogP contribution >= 0.6 is 0 Å². The van der Waals surface area contributed by atoms with E-state index in [-0.39, 0.29) is 6.61 Å². The average molecular weight is 130 g/mol. The fourth-order valence-electron chi connectivity index (χ4n) is 0.366. The molecule has 0 rings (SSSR count). The van der Waals surface area contributed by atoms with E-state index >= 15 is 0 Å². The van der Waals surface area contributed by atoms with Crippen LogP contribution in [0.2, 0.25) is 0 Å². The summed E-state index contributed by atoms with van der Waals surface area (Å²) in [5.41, 5.74) is 0. The highest BCUT2D eigenvalue weighted by atomic mass is 16.3. The lowest BCUT2D eigenvalue weighted by atomic mass is 10.2. The first-order valence-corrected chi connectivity index (χ1v) is 2.70. The van der Waals surface area contributed by atoms with Gasteiger partial charge in [0, 0.05) is 0 Å². The molecule has 0 aliphatic heterocycles. The Morgan fingerprint density at radius 3 is 2.67 bits per heavy atom. The highest BCUT2D eigenvalue weighted by Gasteiger charge is 1.95. The zero-order valence-electron chi connectivity index (χ0n) is 5.03. The molecule has 1 unspecified atom stereocenters. The smallest absolute Gasteiger partial charge is 0.142 e. The van der Waals surface area contributed by atoms with Crippen LogP contribution in [0.5, 0.6) is 0 Å². The Morgan fingerprint density at radius 2 is 2.22 bits per heavy atom. The monoisotopic (exact) mass is 130 g/mol. The Hall–Kier alpha value is -0.670. The molecule has 0 spiro atoms. The summed E-state index contributed by atoms with van der Waals surface area (Å²) < 4.78 is 0. The number of allylic oxidation sites excluding steroid dienone is 1. The van der Waals surface area contributed by atoms with Gasteiger partial charge in [0.25, 0.3) is 0 Å². The quantitative estimate of drug-likeness (QED) is 0.398. The predicted octanol–water partition coefficient (Wildman–Crippen LogP) is -0.515. The summed E-state index contributed by atoms with van der Waals surface area (Å²) in [5, 5.41) is 16.9. The predicted molar refractivity (Wildman–Crippen MR) is 32.9 cm³/mol. The van der Waals surface area contributed by atoms with Gasteiger partial charge in [-0.25, -0.2) is 0 Å². The van der Waals surface area contributed by atoms with Gasteiger partial charge in [-0.1, -0.05) is 6.08 Å². The normalized spacial score (nSPS) is 14.0. The van der Waals surface area contributed by atoms with Crippen molar-refractivity contribution in [1.82, 2.24) is 0 Å². The minimum atomic E-state index is -0.735. The Morgan fingerprint density at radius 1 is 1.56 bits per heavy atom. The number of rotatable bonds is 4. The van der Waals surface area contributed by atoms with Crippen molar-refractivity contribution in [3.63, 3.8) is 0 Å². The molecule has 3 heteroatoms. The maximum atomic E-state index is 9.64. The zero-order chi connectivity index (χ0) is 7.11. The van der Waals surface area contributed by atoms with Crippen LogP contribution in [0.15, 0.2) is 12.2 Å². The summed E-state index contributed by atoms with van der Waals surface area (Å²) in [6, 6.07) is 0. The minimum absolute atomic E-state index is 0.261. The van der Waals surface area contributed by atoms with Crippen LogP contribution in [0.4, 0.5) is 0 Å². The Balaban J connectivity index is 3.25. The van der Waals surface area contributed by atoms with Crippen LogP contribution in [-0.2, 0) is 4.79 Å². The van der Waals surface area contributed by atoms with Crippen molar-refractivity contribution in [3.8, 4) is 0 Å². The molecule has 0 heterocycles. The van der Waals surface area contributed by atoms with Crippen molar-refractivity contribution in [2.75, 3.05) is 6.61 Å². The molecule has 0 aliphatic rings. The van der Waals surface area contributed by atoms with Gasteiger partial charge in [-0.05, 0) is 12.5 Å². The molecule has 52 valence electrons. The molecule has 0 aromatic carbocycles. The molecule has 1 atom stereocenters. The highest BCUT2D eigenvalue weighted by molar-refractivity contribution is 5.64. The van der Waals surface area contributed by atoms with Crippen LogP contribution in [0.3, 0.4) is 0 Å². The molecule has 0 bridgehead atoms. The number of hydrogen-bond donors (Lipinski definition) is 2. The van der Waals surface area contributed by atoms with Crippen molar-refractivity contribution in [1.29, 1.82) is 0 Å². The third-order valence-electron chi connectivity index (χ3n) is 0.834. The summed E-state index contributed by atoms with van der Waals surface area (Å²) in [4.78, 5) is 9.64. The van der Waals surface area contributed by atoms with E-state index in [4.69, 9.17) is 10.2 Å². The number of aliphatic hydroxyl groups excluding tert-OH is 2. The molecule has 0 aromatic heterocycles. The topological polar surface area (TPSA) is 57.5 Å². The van der Waals surface area contributed by atoms with Crippen molar-refractivity contribution in [3.05, 3.63) is 12.2 Å². The molecule has 3 nitrogen and oxygen atoms in total. The van der Waals surface area contributed by atoms with Crippen molar-refractivity contribution >= 4 is 6.29 Å². The molecule has 9 heavy (non-hydrogen) atoms. The summed E-state index contributed by atoms with van der Waals surface area (Å²) in [7, 11) is 0. The molecular formula is C6H10O3. The Bertz CT molecular complexity index is 98.5. The third-order valence-corrected chi connectivity index (χ3v) is 0.834. The van der Waals surface area contributed by atoms with Crippen molar-refractivity contribution in [2.45, 2.75) is 12.5 Å². The lowest BCUT2D eigenvalue weighted by Crippen LogP contribution is -2.09. The average Bonchev–Trinajstić information content (AvgIpc) is 1.89. The Kier molecular flexibility index (Phi) is 5.06. The summed E-state index contributed by atoms with van der Waals surface area (Å²) in [5.74, 6) is 0. The van der Waals surface area contributed by atoms with Crippen molar-refractivity contribution in [2.24, 2.45) is 0 Å². The van der Waals surface area contributed by atoms with Gasteiger partial charge < -0.3 is 10.2 Å². The molecule has 0 aromatic rings. The molecule has 0 amide bonds. The first-order chi connectivity index (χ1) is 4.31. The fraction of sp³-hybridized carbons (Fsp3) is 0.500. The second-order valence-corrected chi connectivity index (χ2v) is 1.64. The van der Waals surface area contributed by atoms with Gasteiger partial charge in [-0.3, -0.25) is 4.79 Å². The fourth-order valence-corrected chi connectivity index (χ4v) is 0.366. The maximum Gasteiger partial charge on any atom is 0.142 e. The lowest BCUT2D eigenvalue weighted by Gasteiger charge is -1.99. The molecular weight excluding hydrogens is 120 g/mol. The van der Waals surface area contributed by atoms with Crippen LogP contribution in [-0.4, -0.2) is 29.2 Å². The van der Waals surface area contributed by atoms with Crippen molar-refractivity contribution < 1.29 is 15.0 Å². The number of carbonyl (C=O) groups is 1. The highest BCUT2D eigenvalue weighted by Crippen LogP contribution is 1.89. The number of aldehydes is 1. The number of carbonyl (C=O) groups excluding carboxylic acids is 1. The molecule has 0 radical (unpaired) electrons. The molecule has 0 aliphatic carbocycles.